The molecule has 212 valence electrons. The monoisotopic (exact) mass is 572 g/mol. The molecule has 0 saturated carbocycles. The summed E-state index contributed by atoms with van der Waals surface area (Å²) in [5.41, 5.74) is 10.7. The summed E-state index contributed by atoms with van der Waals surface area (Å²) in [5.74, 6) is 1.60. The number of para-hydroxylation sites is 1. The molecular formula is C36H36N4OS. The maximum atomic E-state index is 6.12. The van der Waals surface area contributed by atoms with Crippen molar-refractivity contribution in [2.45, 2.75) is 53.1 Å². The molecule has 0 aliphatic carbocycles. The Morgan fingerprint density at radius 2 is 1.57 bits per heavy atom. The Morgan fingerprint density at radius 3 is 2.24 bits per heavy atom. The molecule has 1 aliphatic heterocycles. The van der Waals surface area contributed by atoms with E-state index < -0.39 is 0 Å². The van der Waals surface area contributed by atoms with Crippen molar-refractivity contribution in [3.63, 3.8) is 0 Å². The van der Waals surface area contributed by atoms with Crippen LogP contribution in [0.1, 0.15) is 58.3 Å². The predicted octanol–water partition coefficient (Wildman–Crippen LogP) is 8.64. The highest BCUT2D eigenvalue weighted by atomic mass is 32.1. The molecular weight excluding hydrogens is 536 g/mol. The van der Waals surface area contributed by atoms with E-state index in [1.165, 1.54) is 39.3 Å². The SMILES string of the molecule is CCc1cccc(C)c1-n1c(C)cc([C@H]2[C@H](c3ccccn3)NC(=S)N2c2ccc(Oc3ccc(C)cc3)cc2)c1C. The molecule has 0 unspecified atom stereocenters. The molecule has 5 nitrogen and oxygen atoms in total. The van der Waals surface area contributed by atoms with Gasteiger partial charge in [0.05, 0.1) is 23.5 Å². The molecule has 5 aromatic rings. The number of hydrogen-bond donors (Lipinski definition) is 1. The number of ether oxygens (including phenoxy) is 1. The molecule has 1 aliphatic rings. The number of nitrogens with one attached hydrogen (secondary N) is 1. The number of benzene rings is 3. The van der Waals surface area contributed by atoms with Crippen molar-refractivity contribution >= 4 is 23.0 Å². The van der Waals surface area contributed by atoms with Gasteiger partial charge >= 0.3 is 0 Å². The van der Waals surface area contributed by atoms with Crippen LogP contribution in [0.3, 0.4) is 0 Å². The Bertz CT molecular complexity index is 1730. The summed E-state index contributed by atoms with van der Waals surface area (Å²) in [5, 5.41) is 4.29. The van der Waals surface area contributed by atoms with Gasteiger partial charge in [-0.05, 0) is 118 Å². The van der Waals surface area contributed by atoms with Gasteiger partial charge in [0, 0.05) is 23.3 Å². The summed E-state index contributed by atoms with van der Waals surface area (Å²) < 4.78 is 8.53. The van der Waals surface area contributed by atoms with Crippen LogP contribution >= 0.6 is 12.2 Å². The fourth-order valence-corrected chi connectivity index (χ4v) is 6.47. The Hall–Kier alpha value is -4.42. The lowest BCUT2D eigenvalue weighted by Gasteiger charge is -2.28. The second-order valence-corrected chi connectivity index (χ2v) is 11.4. The van der Waals surface area contributed by atoms with E-state index in [4.69, 9.17) is 21.9 Å². The standard InChI is InChI=1S/C36H36N4OS/c1-6-27-11-9-10-24(3)34(27)39-25(4)22-31(26(39)5)35-33(32-12-7-8-21-37-32)38-36(42)40(35)28-15-19-30(20-16-28)41-29-17-13-23(2)14-18-29/h7-22,33,35H,6H2,1-5H3,(H,38,42)/t33-,35-/m0/s1. The number of hydrogen-bond acceptors (Lipinski definition) is 3. The van der Waals surface area contributed by atoms with Crippen LogP contribution in [0.4, 0.5) is 5.69 Å². The van der Waals surface area contributed by atoms with Gasteiger partial charge in [-0.2, -0.15) is 0 Å². The van der Waals surface area contributed by atoms with E-state index in [1.807, 2.05) is 42.6 Å². The first-order valence-electron chi connectivity index (χ1n) is 14.5. The van der Waals surface area contributed by atoms with E-state index in [0.717, 1.165) is 29.3 Å². The number of nitrogens with zero attached hydrogens (tertiary/aromatic N) is 3. The molecule has 6 rings (SSSR count). The van der Waals surface area contributed by atoms with Gasteiger partial charge < -0.3 is 19.5 Å². The van der Waals surface area contributed by atoms with E-state index >= 15 is 0 Å². The Morgan fingerprint density at radius 1 is 0.857 bits per heavy atom. The van der Waals surface area contributed by atoms with Crippen molar-refractivity contribution < 1.29 is 4.74 Å². The average Bonchev–Trinajstić information content (AvgIpc) is 3.49. The van der Waals surface area contributed by atoms with Crippen LogP contribution in [0, 0.1) is 27.7 Å². The third-order valence-corrected chi connectivity index (χ3v) is 8.50. The highest BCUT2D eigenvalue weighted by molar-refractivity contribution is 7.80. The third kappa shape index (κ3) is 5.07. The van der Waals surface area contributed by atoms with E-state index in [-0.39, 0.29) is 12.1 Å². The Labute approximate surface area is 253 Å². The number of thiocarbonyl (C=S) groups is 1. The zero-order valence-corrected chi connectivity index (χ0v) is 25.6. The number of anilines is 1. The van der Waals surface area contributed by atoms with Crippen LogP contribution in [-0.2, 0) is 6.42 Å². The molecule has 0 spiro atoms. The molecule has 3 aromatic carbocycles. The molecule has 42 heavy (non-hydrogen) atoms. The average molecular weight is 573 g/mol. The summed E-state index contributed by atoms with van der Waals surface area (Å²) in [4.78, 5) is 6.98. The number of aryl methyl sites for hydroxylation is 4. The van der Waals surface area contributed by atoms with Crippen LogP contribution in [0.15, 0.2) is 97.2 Å². The minimum absolute atomic E-state index is 0.0923. The van der Waals surface area contributed by atoms with Crippen LogP contribution in [0.2, 0.25) is 0 Å². The molecule has 3 heterocycles. The van der Waals surface area contributed by atoms with Crippen LogP contribution in [0.25, 0.3) is 5.69 Å². The lowest BCUT2D eigenvalue weighted by molar-refractivity contribution is 0.482. The van der Waals surface area contributed by atoms with Crippen molar-refractivity contribution in [2.75, 3.05) is 4.90 Å². The molecule has 1 N–H and O–H groups in total. The summed E-state index contributed by atoms with van der Waals surface area (Å²) in [6.07, 6.45) is 2.82. The lowest BCUT2D eigenvalue weighted by atomic mass is 9.96. The van der Waals surface area contributed by atoms with Crippen molar-refractivity contribution in [1.82, 2.24) is 14.9 Å². The largest absolute Gasteiger partial charge is 0.457 e. The number of rotatable bonds is 7. The van der Waals surface area contributed by atoms with Gasteiger partial charge in [-0.1, -0.05) is 48.9 Å². The van der Waals surface area contributed by atoms with Gasteiger partial charge in [0.1, 0.15) is 11.5 Å². The van der Waals surface area contributed by atoms with Crippen LogP contribution in [-0.4, -0.2) is 14.7 Å². The molecule has 0 radical (unpaired) electrons. The second-order valence-electron chi connectivity index (χ2n) is 11.0. The topological polar surface area (TPSA) is 42.3 Å². The zero-order chi connectivity index (χ0) is 29.4. The van der Waals surface area contributed by atoms with E-state index in [1.54, 1.807) is 0 Å². The molecule has 0 bridgehead atoms. The molecule has 1 saturated heterocycles. The third-order valence-electron chi connectivity index (χ3n) is 8.18. The minimum Gasteiger partial charge on any atom is -0.457 e. The summed E-state index contributed by atoms with van der Waals surface area (Å²) in [6.45, 7) is 10.9. The molecule has 0 amide bonds. The molecule has 2 atom stereocenters. The number of pyridine rings is 1. The van der Waals surface area contributed by atoms with E-state index in [9.17, 15) is 0 Å². The predicted molar refractivity (Wildman–Crippen MR) is 175 cm³/mol. The summed E-state index contributed by atoms with van der Waals surface area (Å²) >= 11 is 6.01. The number of aromatic nitrogens is 2. The molecule has 1 fully saturated rings. The zero-order valence-electron chi connectivity index (χ0n) is 24.8. The van der Waals surface area contributed by atoms with E-state index in [0.29, 0.717) is 5.11 Å². The van der Waals surface area contributed by atoms with Gasteiger partial charge in [-0.25, -0.2) is 0 Å². The quantitative estimate of drug-likeness (QED) is 0.198. The molecule has 2 aromatic heterocycles. The van der Waals surface area contributed by atoms with Gasteiger partial charge in [-0.15, -0.1) is 0 Å². The van der Waals surface area contributed by atoms with Crippen LogP contribution in [0.5, 0.6) is 11.5 Å². The summed E-state index contributed by atoms with van der Waals surface area (Å²) in [6, 6.07) is 31.0. The van der Waals surface area contributed by atoms with Gasteiger partial charge in [0.15, 0.2) is 5.11 Å². The molecule has 6 heteroatoms. The first kappa shape index (κ1) is 27.7. The second kappa shape index (κ2) is 11.5. The van der Waals surface area contributed by atoms with Gasteiger partial charge in [0.25, 0.3) is 0 Å². The van der Waals surface area contributed by atoms with Crippen molar-refractivity contribution in [3.05, 3.63) is 137 Å². The fraction of sp³-hybridized carbons (Fsp3) is 0.222. The van der Waals surface area contributed by atoms with E-state index in [2.05, 4.69) is 104 Å². The normalized spacial score (nSPS) is 16.5. The highest BCUT2D eigenvalue weighted by Gasteiger charge is 2.42. The minimum atomic E-state index is -0.112. The van der Waals surface area contributed by atoms with Crippen molar-refractivity contribution in [3.8, 4) is 17.2 Å². The first-order valence-corrected chi connectivity index (χ1v) is 14.9. The maximum Gasteiger partial charge on any atom is 0.174 e. The lowest BCUT2D eigenvalue weighted by Crippen LogP contribution is -2.29. The van der Waals surface area contributed by atoms with Crippen LogP contribution < -0.4 is 15.0 Å². The van der Waals surface area contributed by atoms with Crippen molar-refractivity contribution in [2.24, 2.45) is 0 Å². The highest BCUT2D eigenvalue weighted by Crippen LogP contribution is 2.44. The van der Waals surface area contributed by atoms with Crippen molar-refractivity contribution in [1.29, 1.82) is 0 Å². The maximum absolute atomic E-state index is 6.12. The Balaban J connectivity index is 1.43. The first-order chi connectivity index (χ1) is 20.4. The summed E-state index contributed by atoms with van der Waals surface area (Å²) in [7, 11) is 0. The smallest absolute Gasteiger partial charge is 0.174 e. The van der Waals surface area contributed by atoms with Gasteiger partial charge in [0.2, 0.25) is 0 Å². The Kier molecular flexibility index (Phi) is 7.56. The van der Waals surface area contributed by atoms with Gasteiger partial charge in [-0.3, -0.25) is 4.98 Å². The fourth-order valence-electron chi connectivity index (χ4n) is 6.12.